The Morgan fingerprint density at radius 3 is 1.95 bits per heavy atom. The normalized spacial score (nSPS) is 17.8. The molecule has 1 aliphatic heterocycles. The summed E-state index contributed by atoms with van der Waals surface area (Å²) in [5, 5.41) is 2.40. The van der Waals surface area contributed by atoms with Crippen molar-refractivity contribution in [3.8, 4) is 0 Å². The van der Waals surface area contributed by atoms with Crippen molar-refractivity contribution >= 4 is 43.2 Å². The minimum absolute atomic E-state index is 0. The molecule has 199 valence electrons. The maximum atomic E-state index is 13.3. The van der Waals surface area contributed by atoms with E-state index in [0.717, 1.165) is 5.56 Å². The van der Waals surface area contributed by atoms with Crippen LogP contribution in [-0.2, 0) is 19.0 Å². The van der Waals surface area contributed by atoms with Crippen LogP contribution in [-0.4, -0.2) is 58.3 Å². The Bertz CT molecular complexity index is 1260. The Hall–Kier alpha value is -2.67. The number of likely N-dealkylation sites (tertiary alicyclic amines) is 1. The molecule has 0 aliphatic carbocycles. The zero-order chi connectivity index (χ0) is 26.6. The fourth-order valence-electron chi connectivity index (χ4n) is 4.39. The molecule has 1 fully saturated rings. The topological polar surface area (TPSA) is 72.9 Å². The van der Waals surface area contributed by atoms with Gasteiger partial charge in [0.2, 0.25) is 0 Å². The van der Waals surface area contributed by atoms with E-state index in [1.54, 1.807) is 29.2 Å². The van der Waals surface area contributed by atoms with Crippen molar-refractivity contribution in [3.05, 3.63) is 90.5 Å². The molecule has 1 heterocycles. The second kappa shape index (κ2) is 12.5. The minimum atomic E-state index is -3.97. The number of nitrogens with zero attached hydrogens (tertiary/aromatic N) is 1. The standard InChI is InChI=1S/C29H34NO5PS.B/c1-22-15-17-27(18-16-22)37(32,33)35-24-19-23(30(20-24)28(31)34-29(2,3)4)21-36(25-11-7-5-8-12-25)26-13-9-6-10-14-26;/h5-18,23-24H,19-21H2,1-4H3;/t23-,24+;/m0./s1. The number of carbonyl (C=O) groups is 1. The summed E-state index contributed by atoms with van der Waals surface area (Å²) in [6, 6.07) is 26.9. The molecular weight excluding hydrogens is 516 g/mol. The predicted molar refractivity (Wildman–Crippen MR) is 154 cm³/mol. The van der Waals surface area contributed by atoms with E-state index in [-0.39, 0.29) is 25.9 Å². The number of amides is 1. The van der Waals surface area contributed by atoms with E-state index in [4.69, 9.17) is 8.92 Å². The Kier molecular flexibility index (Phi) is 9.80. The van der Waals surface area contributed by atoms with Crippen LogP contribution in [0.1, 0.15) is 32.8 Å². The van der Waals surface area contributed by atoms with Gasteiger partial charge in [0, 0.05) is 14.5 Å². The van der Waals surface area contributed by atoms with Gasteiger partial charge in [-0.05, 0) is 70.9 Å². The highest BCUT2D eigenvalue weighted by Crippen LogP contribution is 2.39. The molecule has 4 rings (SSSR count). The highest BCUT2D eigenvalue weighted by molar-refractivity contribution is 7.86. The quantitative estimate of drug-likeness (QED) is 0.240. The Morgan fingerprint density at radius 1 is 0.921 bits per heavy atom. The summed E-state index contributed by atoms with van der Waals surface area (Å²) in [7, 11) is -4.77. The van der Waals surface area contributed by atoms with Crippen molar-refractivity contribution in [2.45, 2.75) is 56.8 Å². The molecule has 6 nitrogen and oxygen atoms in total. The Morgan fingerprint density at radius 2 is 1.45 bits per heavy atom. The first kappa shape index (κ1) is 29.9. The fourth-order valence-corrected chi connectivity index (χ4v) is 8.02. The van der Waals surface area contributed by atoms with Crippen LogP contribution in [0.4, 0.5) is 4.79 Å². The first-order chi connectivity index (χ1) is 17.5. The van der Waals surface area contributed by atoms with Gasteiger partial charge in [0.05, 0.1) is 17.5 Å². The van der Waals surface area contributed by atoms with Crippen molar-refractivity contribution < 1.29 is 22.1 Å². The van der Waals surface area contributed by atoms with Gasteiger partial charge in [0.15, 0.2) is 0 Å². The predicted octanol–water partition coefficient (Wildman–Crippen LogP) is 4.83. The molecule has 0 unspecified atom stereocenters. The van der Waals surface area contributed by atoms with E-state index in [0.29, 0.717) is 12.6 Å². The lowest BCUT2D eigenvalue weighted by molar-refractivity contribution is 0.0226. The lowest BCUT2D eigenvalue weighted by Crippen LogP contribution is -2.42. The number of rotatable bonds is 7. The van der Waals surface area contributed by atoms with Gasteiger partial charge in [-0.1, -0.05) is 78.4 Å². The second-order valence-corrected chi connectivity index (χ2v) is 14.1. The number of benzene rings is 3. The average Bonchev–Trinajstić information content (AvgIpc) is 3.24. The summed E-state index contributed by atoms with van der Waals surface area (Å²) in [5.74, 6) is 0. The molecule has 0 saturated carbocycles. The number of ether oxygens (including phenoxy) is 1. The molecule has 1 amide bonds. The van der Waals surface area contributed by atoms with E-state index in [2.05, 4.69) is 24.3 Å². The van der Waals surface area contributed by atoms with Crippen LogP contribution in [0, 0.1) is 6.92 Å². The largest absolute Gasteiger partial charge is 0.444 e. The highest BCUT2D eigenvalue weighted by atomic mass is 32.2. The molecule has 3 radical (unpaired) electrons. The lowest BCUT2D eigenvalue weighted by atomic mass is 10.2. The average molecular weight is 550 g/mol. The zero-order valence-corrected chi connectivity index (χ0v) is 24.0. The van der Waals surface area contributed by atoms with Gasteiger partial charge in [-0.25, -0.2) is 4.79 Å². The minimum Gasteiger partial charge on any atom is -0.444 e. The molecule has 0 bridgehead atoms. The van der Waals surface area contributed by atoms with Crippen molar-refractivity contribution in [2.24, 2.45) is 0 Å². The smallest absolute Gasteiger partial charge is 0.410 e. The van der Waals surface area contributed by atoms with Crippen molar-refractivity contribution in [1.29, 1.82) is 0 Å². The van der Waals surface area contributed by atoms with Gasteiger partial charge in [-0.2, -0.15) is 8.42 Å². The molecule has 1 aliphatic rings. The first-order valence-corrected chi connectivity index (χ1v) is 15.3. The zero-order valence-electron chi connectivity index (χ0n) is 22.3. The number of hydrogen-bond acceptors (Lipinski definition) is 5. The van der Waals surface area contributed by atoms with Crippen LogP contribution < -0.4 is 10.6 Å². The number of carbonyl (C=O) groups excluding carboxylic acids is 1. The van der Waals surface area contributed by atoms with Gasteiger partial charge >= 0.3 is 6.09 Å². The lowest BCUT2D eigenvalue weighted by Gasteiger charge is -2.31. The molecule has 1 saturated heterocycles. The van der Waals surface area contributed by atoms with Crippen LogP contribution in [0.3, 0.4) is 0 Å². The molecule has 0 spiro atoms. The summed E-state index contributed by atoms with van der Waals surface area (Å²) in [6.07, 6.45) is -0.0322. The third-order valence-electron chi connectivity index (χ3n) is 6.11. The van der Waals surface area contributed by atoms with Crippen molar-refractivity contribution in [2.75, 3.05) is 12.7 Å². The van der Waals surface area contributed by atoms with E-state index < -0.39 is 35.8 Å². The maximum Gasteiger partial charge on any atom is 0.410 e. The summed E-state index contributed by atoms with van der Waals surface area (Å²) >= 11 is 0. The van der Waals surface area contributed by atoms with E-state index in [1.807, 2.05) is 64.1 Å². The summed E-state index contributed by atoms with van der Waals surface area (Å²) in [4.78, 5) is 15.0. The van der Waals surface area contributed by atoms with E-state index in [9.17, 15) is 13.2 Å². The molecule has 3 aromatic carbocycles. The molecule has 3 aromatic rings. The third kappa shape index (κ3) is 7.69. The van der Waals surface area contributed by atoms with Crippen molar-refractivity contribution in [1.82, 2.24) is 4.90 Å². The summed E-state index contributed by atoms with van der Waals surface area (Å²) in [6.45, 7) is 7.53. The number of aryl methyl sites for hydroxylation is 1. The monoisotopic (exact) mass is 550 g/mol. The maximum absolute atomic E-state index is 13.3. The van der Waals surface area contributed by atoms with Gasteiger partial charge in [-0.3, -0.25) is 4.18 Å². The van der Waals surface area contributed by atoms with Gasteiger partial charge in [-0.15, -0.1) is 0 Å². The van der Waals surface area contributed by atoms with E-state index >= 15 is 0 Å². The highest BCUT2D eigenvalue weighted by Gasteiger charge is 2.41. The molecule has 2 atom stereocenters. The second-order valence-electron chi connectivity index (χ2n) is 10.3. The number of hydrogen-bond donors (Lipinski definition) is 0. The molecule has 0 N–H and O–H groups in total. The van der Waals surface area contributed by atoms with Crippen LogP contribution in [0.2, 0.25) is 0 Å². The Balaban J connectivity index is 0.00000400. The van der Waals surface area contributed by atoms with Gasteiger partial charge in [0.1, 0.15) is 5.60 Å². The summed E-state index contributed by atoms with van der Waals surface area (Å²) in [5.41, 5.74) is 0.296. The third-order valence-corrected chi connectivity index (χ3v) is 10.1. The fraction of sp³-hybridized carbons (Fsp3) is 0.345. The van der Waals surface area contributed by atoms with Gasteiger partial charge in [0.25, 0.3) is 10.1 Å². The summed E-state index contributed by atoms with van der Waals surface area (Å²) < 4.78 is 37.4. The molecule has 9 heteroatoms. The molecule has 0 aromatic heterocycles. The first-order valence-electron chi connectivity index (χ1n) is 12.4. The molecular formula is C29H34BNO5PS. The van der Waals surface area contributed by atoms with Crippen LogP contribution in [0.25, 0.3) is 0 Å². The van der Waals surface area contributed by atoms with E-state index in [1.165, 1.54) is 10.6 Å². The van der Waals surface area contributed by atoms with Crippen LogP contribution >= 0.6 is 7.92 Å². The van der Waals surface area contributed by atoms with Crippen molar-refractivity contribution in [3.63, 3.8) is 0 Å². The van der Waals surface area contributed by atoms with Crippen LogP contribution in [0.15, 0.2) is 89.8 Å². The van der Waals surface area contributed by atoms with Crippen LogP contribution in [0.5, 0.6) is 0 Å². The Labute approximate surface area is 229 Å². The molecule has 38 heavy (non-hydrogen) atoms. The SMILES string of the molecule is Cc1ccc(S(=O)(=O)O[C@@H]2C[C@@H](CP(c3ccccc3)c3ccccc3)N(C(=O)OC(C)(C)C)C2)cc1.[B]. The van der Waals surface area contributed by atoms with Gasteiger partial charge < -0.3 is 9.64 Å².